The zero-order chi connectivity index (χ0) is 14.7. The molecule has 2 aromatic rings. The third kappa shape index (κ3) is 3.17. The van der Waals surface area contributed by atoms with Gasteiger partial charge in [-0.2, -0.15) is 0 Å². The van der Waals surface area contributed by atoms with Crippen molar-refractivity contribution in [3.8, 4) is 5.75 Å². The summed E-state index contributed by atoms with van der Waals surface area (Å²) in [6.45, 7) is 2.77. The Morgan fingerprint density at radius 3 is 2.80 bits per heavy atom. The van der Waals surface area contributed by atoms with E-state index in [1.807, 2.05) is 18.4 Å². The average molecular weight is 379 g/mol. The Hall–Kier alpha value is -0.620. The fraction of sp³-hybridized carbons (Fsp3) is 0.286. The van der Waals surface area contributed by atoms with E-state index >= 15 is 0 Å². The van der Waals surface area contributed by atoms with Crippen molar-refractivity contribution in [2.75, 3.05) is 13.7 Å². The summed E-state index contributed by atoms with van der Waals surface area (Å²) in [5.74, 6) is 0.152. The Morgan fingerprint density at radius 2 is 2.25 bits per heavy atom. The van der Waals surface area contributed by atoms with E-state index in [4.69, 9.17) is 16.3 Å². The van der Waals surface area contributed by atoms with E-state index in [1.165, 1.54) is 13.2 Å². The van der Waals surface area contributed by atoms with Crippen molar-refractivity contribution in [1.29, 1.82) is 0 Å². The predicted molar refractivity (Wildman–Crippen MR) is 85.5 cm³/mol. The maximum Gasteiger partial charge on any atom is 0.141 e. The molecule has 108 valence electrons. The van der Waals surface area contributed by atoms with Crippen LogP contribution in [0.1, 0.15) is 23.4 Å². The molecule has 0 fully saturated rings. The van der Waals surface area contributed by atoms with Gasteiger partial charge < -0.3 is 10.1 Å². The first kappa shape index (κ1) is 15.8. The van der Waals surface area contributed by atoms with Crippen molar-refractivity contribution < 1.29 is 9.13 Å². The number of halogens is 3. The molecule has 2 rings (SSSR count). The molecule has 1 aromatic carbocycles. The molecule has 1 heterocycles. The quantitative estimate of drug-likeness (QED) is 0.789. The number of thiophene rings is 1. The highest BCUT2D eigenvalue weighted by molar-refractivity contribution is 9.10. The summed E-state index contributed by atoms with van der Waals surface area (Å²) in [4.78, 5) is 0.991. The number of ether oxygens (including phenoxy) is 1. The van der Waals surface area contributed by atoms with Gasteiger partial charge in [-0.25, -0.2) is 4.39 Å². The van der Waals surface area contributed by atoms with Gasteiger partial charge in [0.1, 0.15) is 11.6 Å². The minimum Gasteiger partial charge on any atom is -0.496 e. The predicted octanol–water partition coefficient (Wildman–Crippen LogP) is 5.01. The second-order valence-corrected chi connectivity index (χ2v) is 6.34. The highest BCUT2D eigenvalue weighted by atomic mass is 79.9. The molecule has 0 saturated heterocycles. The van der Waals surface area contributed by atoms with Crippen molar-refractivity contribution in [2.45, 2.75) is 13.0 Å². The Morgan fingerprint density at radius 1 is 1.50 bits per heavy atom. The SMILES string of the molecule is CCNC(c1cc(Br)c(F)cc1OC)c1sccc1Cl. The van der Waals surface area contributed by atoms with Crippen LogP contribution in [0.25, 0.3) is 0 Å². The molecule has 6 heteroatoms. The Labute approximate surface area is 135 Å². The molecule has 0 aliphatic rings. The molecule has 0 spiro atoms. The summed E-state index contributed by atoms with van der Waals surface area (Å²) in [5.41, 5.74) is 0.854. The second-order valence-electron chi connectivity index (χ2n) is 4.13. The molecule has 0 radical (unpaired) electrons. The van der Waals surface area contributed by atoms with E-state index in [2.05, 4.69) is 21.2 Å². The molecular weight excluding hydrogens is 365 g/mol. The standard InChI is InChI=1S/C14H14BrClFNOS/c1-3-18-13(14-10(16)4-5-20-14)8-6-9(15)11(17)7-12(8)19-2/h4-7,13,18H,3H2,1-2H3. The Balaban J connectivity index is 2.55. The van der Waals surface area contributed by atoms with Crippen molar-refractivity contribution in [1.82, 2.24) is 5.32 Å². The van der Waals surface area contributed by atoms with E-state index < -0.39 is 0 Å². The molecule has 0 amide bonds. The lowest BCUT2D eigenvalue weighted by molar-refractivity contribution is 0.400. The fourth-order valence-electron chi connectivity index (χ4n) is 2.01. The van der Waals surface area contributed by atoms with Crippen LogP contribution in [-0.4, -0.2) is 13.7 Å². The van der Waals surface area contributed by atoms with Crippen LogP contribution < -0.4 is 10.1 Å². The van der Waals surface area contributed by atoms with Crippen LogP contribution in [0.4, 0.5) is 4.39 Å². The fourth-order valence-corrected chi connectivity index (χ4v) is 3.63. The summed E-state index contributed by atoms with van der Waals surface area (Å²) >= 11 is 11.0. The van der Waals surface area contributed by atoms with Crippen LogP contribution in [0.3, 0.4) is 0 Å². The third-order valence-corrected chi connectivity index (χ3v) is 4.93. The topological polar surface area (TPSA) is 21.3 Å². The summed E-state index contributed by atoms with van der Waals surface area (Å²) in [7, 11) is 1.53. The van der Waals surface area contributed by atoms with Crippen LogP contribution in [0, 0.1) is 5.82 Å². The first-order valence-electron chi connectivity index (χ1n) is 6.07. The molecule has 0 aliphatic carbocycles. The van der Waals surface area contributed by atoms with Crippen LogP contribution in [0.2, 0.25) is 5.02 Å². The highest BCUT2D eigenvalue weighted by Crippen LogP contribution is 2.38. The maximum absolute atomic E-state index is 13.6. The number of methoxy groups -OCH3 is 1. The van der Waals surface area contributed by atoms with Crippen molar-refractivity contribution in [3.63, 3.8) is 0 Å². The largest absolute Gasteiger partial charge is 0.496 e. The number of benzene rings is 1. The lowest BCUT2D eigenvalue weighted by Crippen LogP contribution is -2.22. The minimum atomic E-state index is -0.349. The van der Waals surface area contributed by atoms with E-state index in [9.17, 15) is 4.39 Å². The minimum absolute atomic E-state index is 0.126. The lowest BCUT2D eigenvalue weighted by Gasteiger charge is -2.21. The van der Waals surface area contributed by atoms with Crippen LogP contribution in [-0.2, 0) is 0 Å². The summed E-state index contributed by atoms with van der Waals surface area (Å²) in [6, 6.07) is 4.85. The first-order valence-corrected chi connectivity index (χ1v) is 8.12. The van der Waals surface area contributed by atoms with Crippen LogP contribution in [0.5, 0.6) is 5.75 Å². The maximum atomic E-state index is 13.6. The van der Waals surface area contributed by atoms with Gasteiger partial charge >= 0.3 is 0 Å². The second kappa shape index (κ2) is 6.89. The molecular formula is C14H14BrClFNOS. The summed E-state index contributed by atoms with van der Waals surface area (Å²) in [5, 5.41) is 6.00. The van der Waals surface area contributed by atoms with Crippen molar-refractivity contribution in [2.24, 2.45) is 0 Å². The molecule has 1 atom stereocenters. The number of hydrogen-bond acceptors (Lipinski definition) is 3. The van der Waals surface area contributed by atoms with E-state index in [0.717, 1.165) is 17.0 Å². The molecule has 0 aliphatic heterocycles. The van der Waals surface area contributed by atoms with E-state index in [-0.39, 0.29) is 11.9 Å². The average Bonchev–Trinajstić information content (AvgIpc) is 2.85. The molecule has 1 N–H and O–H groups in total. The highest BCUT2D eigenvalue weighted by Gasteiger charge is 2.22. The van der Waals surface area contributed by atoms with Gasteiger partial charge in [0.25, 0.3) is 0 Å². The Bertz CT molecular complexity index is 605. The first-order chi connectivity index (χ1) is 9.58. The van der Waals surface area contributed by atoms with Gasteiger partial charge in [-0.3, -0.25) is 0 Å². The normalized spacial score (nSPS) is 12.4. The number of nitrogens with one attached hydrogen (secondary N) is 1. The van der Waals surface area contributed by atoms with Gasteiger partial charge in [0.15, 0.2) is 0 Å². The van der Waals surface area contributed by atoms with Crippen LogP contribution >= 0.6 is 38.9 Å². The molecule has 20 heavy (non-hydrogen) atoms. The van der Waals surface area contributed by atoms with E-state index in [1.54, 1.807) is 17.4 Å². The third-order valence-electron chi connectivity index (χ3n) is 2.90. The molecule has 1 unspecified atom stereocenters. The molecule has 0 bridgehead atoms. The molecule has 2 nitrogen and oxygen atoms in total. The van der Waals surface area contributed by atoms with Gasteiger partial charge in [-0.1, -0.05) is 18.5 Å². The summed E-state index contributed by atoms with van der Waals surface area (Å²) < 4.78 is 19.4. The van der Waals surface area contributed by atoms with Gasteiger partial charge in [0, 0.05) is 16.5 Å². The van der Waals surface area contributed by atoms with Gasteiger partial charge in [-0.15, -0.1) is 11.3 Å². The Kier molecular flexibility index (Phi) is 5.43. The van der Waals surface area contributed by atoms with Gasteiger partial charge in [-0.05, 0) is 40.0 Å². The molecule has 1 aromatic heterocycles. The molecule has 0 saturated carbocycles. The number of hydrogen-bond donors (Lipinski definition) is 1. The summed E-state index contributed by atoms with van der Waals surface area (Å²) in [6.07, 6.45) is 0. The monoisotopic (exact) mass is 377 g/mol. The van der Waals surface area contributed by atoms with E-state index in [0.29, 0.717) is 15.2 Å². The number of rotatable bonds is 5. The smallest absolute Gasteiger partial charge is 0.141 e. The van der Waals surface area contributed by atoms with Crippen molar-refractivity contribution in [3.05, 3.63) is 49.3 Å². The van der Waals surface area contributed by atoms with Crippen molar-refractivity contribution >= 4 is 38.9 Å². The zero-order valence-corrected chi connectivity index (χ0v) is 14.2. The lowest BCUT2D eigenvalue weighted by atomic mass is 10.0. The van der Waals surface area contributed by atoms with Gasteiger partial charge in [0.2, 0.25) is 0 Å². The van der Waals surface area contributed by atoms with Gasteiger partial charge in [0.05, 0.1) is 22.6 Å². The zero-order valence-electron chi connectivity index (χ0n) is 11.0. The van der Waals surface area contributed by atoms with Crippen LogP contribution in [0.15, 0.2) is 28.1 Å².